The molecule has 0 heterocycles. The molecule has 0 atom stereocenters. The highest BCUT2D eigenvalue weighted by molar-refractivity contribution is 7.72. The van der Waals surface area contributed by atoms with Gasteiger partial charge in [0.25, 0.3) is 0 Å². The number of aryl methyl sites for hydroxylation is 1. The summed E-state index contributed by atoms with van der Waals surface area (Å²) >= 11 is 0. The van der Waals surface area contributed by atoms with E-state index >= 15 is 0 Å². The predicted octanol–water partition coefficient (Wildman–Crippen LogP) is 3.04. The molecule has 0 aliphatic rings. The maximum absolute atomic E-state index is 11.0. The molecule has 0 fully saturated rings. The topological polar surface area (TPSA) is 34.1 Å². The van der Waals surface area contributed by atoms with Gasteiger partial charge in [-0.1, -0.05) is 33.3 Å². The highest BCUT2D eigenvalue weighted by Crippen LogP contribution is 2.31. The van der Waals surface area contributed by atoms with E-state index in [1.54, 1.807) is 6.07 Å². The Kier molecular flexibility index (Phi) is 4.14. The van der Waals surface area contributed by atoms with Crippen molar-refractivity contribution >= 4 is 10.7 Å². The van der Waals surface area contributed by atoms with Crippen LogP contribution in [0.25, 0.3) is 0 Å². The van der Waals surface area contributed by atoms with Crippen LogP contribution in [-0.2, 0) is 16.1 Å². The van der Waals surface area contributed by atoms with Gasteiger partial charge >= 0.3 is 0 Å². The molecule has 1 aromatic rings. The van der Waals surface area contributed by atoms with Crippen molar-refractivity contribution in [2.45, 2.75) is 50.8 Å². The Morgan fingerprint density at radius 2 is 1.88 bits per heavy atom. The van der Waals surface area contributed by atoms with Gasteiger partial charge in [0.15, 0.2) is 10.7 Å². The second-order valence-corrected chi connectivity index (χ2v) is 5.92. The molecule has 1 rings (SSSR count). The number of rotatable bonds is 4. The fourth-order valence-corrected chi connectivity index (χ4v) is 2.64. The molecule has 0 spiro atoms. The molecule has 0 radical (unpaired) electrons. The van der Waals surface area contributed by atoms with Crippen LogP contribution >= 0.6 is 0 Å². The molecule has 90 valence electrons. The van der Waals surface area contributed by atoms with Crippen LogP contribution in [0.5, 0.6) is 0 Å². The monoisotopic (exact) mass is 240 g/mol. The average Bonchev–Trinajstić information content (AvgIpc) is 2.17. The number of benzene rings is 1. The fourth-order valence-electron chi connectivity index (χ4n) is 2.21. The third-order valence-electron chi connectivity index (χ3n) is 3.04. The Morgan fingerprint density at radius 1 is 1.25 bits per heavy atom. The Balaban J connectivity index is 3.26. The van der Waals surface area contributed by atoms with Gasteiger partial charge in [-0.15, -0.1) is 0 Å². The van der Waals surface area contributed by atoms with Gasteiger partial charge in [0.05, 0.1) is 4.90 Å². The summed E-state index contributed by atoms with van der Waals surface area (Å²) in [6.45, 7) is 8.52. The number of thiol groups is 1. The number of hydrogen-bond acceptors (Lipinski definition) is 2. The fraction of sp³-hybridized carbons (Fsp3) is 0.538. The molecule has 0 unspecified atom stereocenters. The zero-order valence-corrected chi connectivity index (χ0v) is 11.3. The summed E-state index contributed by atoms with van der Waals surface area (Å²) in [4.78, 5) is 0.416. The van der Waals surface area contributed by atoms with E-state index in [9.17, 15) is 8.42 Å². The molecule has 0 saturated heterocycles. The molecule has 16 heavy (non-hydrogen) atoms. The van der Waals surface area contributed by atoms with Crippen LogP contribution in [0.4, 0.5) is 0 Å². The third kappa shape index (κ3) is 2.85. The van der Waals surface area contributed by atoms with Gasteiger partial charge in [0, 0.05) is 0 Å². The third-order valence-corrected chi connectivity index (χ3v) is 3.74. The lowest BCUT2D eigenvalue weighted by atomic mass is 9.79. The van der Waals surface area contributed by atoms with Crippen LogP contribution < -0.4 is 0 Å². The molecule has 0 aliphatic carbocycles. The highest BCUT2D eigenvalue weighted by atomic mass is 32.2. The Labute approximate surface area is 99.6 Å². The molecule has 0 amide bonds. The quantitative estimate of drug-likeness (QED) is 0.821. The van der Waals surface area contributed by atoms with Crippen molar-refractivity contribution in [3.05, 3.63) is 29.3 Å². The van der Waals surface area contributed by atoms with Gasteiger partial charge in [0.2, 0.25) is 0 Å². The van der Waals surface area contributed by atoms with E-state index in [4.69, 9.17) is 0 Å². The molecule has 0 aliphatic heterocycles. The Bertz CT molecular complexity index is 437. The molecular formula is C13H20O2S. The summed E-state index contributed by atoms with van der Waals surface area (Å²) < 4.78 is 22.0. The van der Waals surface area contributed by atoms with Gasteiger partial charge in [-0.3, -0.25) is 0 Å². The average molecular weight is 240 g/mol. The standard InChI is InChI=1S/C13H20O2S/c1-5-8-13(3,4)12-9-11(16(14)15)7-6-10(12)2/h6-7,9,16H,5,8H2,1-4H3. The van der Waals surface area contributed by atoms with Crippen LogP contribution in [0.1, 0.15) is 44.7 Å². The zero-order valence-electron chi connectivity index (χ0n) is 10.4. The zero-order chi connectivity index (χ0) is 12.3. The Hall–Kier alpha value is -0.830. The largest absolute Gasteiger partial charge is 0.227 e. The van der Waals surface area contributed by atoms with Crippen molar-refractivity contribution in [2.75, 3.05) is 0 Å². The van der Waals surface area contributed by atoms with Crippen molar-refractivity contribution < 1.29 is 8.42 Å². The minimum atomic E-state index is -2.48. The van der Waals surface area contributed by atoms with Gasteiger partial charge in [-0.25, -0.2) is 8.42 Å². The summed E-state index contributed by atoms with van der Waals surface area (Å²) in [7, 11) is -2.48. The smallest absolute Gasteiger partial charge is 0.168 e. The molecule has 0 saturated carbocycles. The van der Waals surface area contributed by atoms with Crippen LogP contribution in [0.3, 0.4) is 0 Å². The normalized spacial score (nSPS) is 12.1. The molecule has 2 nitrogen and oxygen atoms in total. The SMILES string of the molecule is CCCC(C)(C)c1cc([SH](=O)=O)ccc1C. The van der Waals surface area contributed by atoms with E-state index < -0.39 is 10.7 Å². The van der Waals surface area contributed by atoms with E-state index in [0.717, 1.165) is 18.4 Å². The molecule has 0 bridgehead atoms. The van der Waals surface area contributed by atoms with E-state index in [1.165, 1.54) is 5.56 Å². The lowest BCUT2D eigenvalue weighted by Crippen LogP contribution is -2.18. The lowest BCUT2D eigenvalue weighted by molar-refractivity contribution is 0.469. The first-order valence-corrected chi connectivity index (χ1v) is 6.81. The van der Waals surface area contributed by atoms with Crippen LogP contribution in [0, 0.1) is 6.92 Å². The van der Waals surface area contributed by atoms with Gasteiger partial charge in [-0.05, 0) is 42.0 Å². The second kappa shape index (κ2) is 5.00. The van der Waals surface area contributed by atoms with Crippen LogP contribution in [0.2, 0.25) is 0 Å². The summed E-state index contributed by atoms with van der Waals surface area (Å²) in [5.41, 5.74) is 2.35. The van der Waals surface area contributed by atoms with Crippen molar-refractivity contribution in [1.29, 1.82) is 0 Å². The van der Waals surface area contributed by atoms with Crippen molar-refractivity contribution in [2.24, 2.45) is 0 Å². The van der Waals surface area contributed by atoms with Crippen molar-refractivity contribution in [1.82, 2.24) is 0 Å². The van der Waals surface area contributed by atoms with Crippen molar-refractivity contribution in [3.8, 4) is 0 Å². The Morgan fingerprint density at radius 3 is 2.38 bits per heavy atom. The maximum Gasteiger partial charge on any atom is 0.168 e. The maximum atomic E-state index is 11.0. The summed E-state index contributed by atoms with van der Waals surface area (Å²) in [6.07, 6.45) is 2.16. The first-order chi connectivity index (χ1) is 7.38. The van der Waals surface area contributed by atoms with Gasteiger partial charge in [-0.2, -0.15) is 0 Å². The van der Waals surface area contributed by atoms with Gasteiger partial charge in [0.1, 0.15) is 0 Å². The van der Waals surface area contributed by atoms with E-state index in [-0.39, 0.29) is 5.41 Å². The van der Waals surface area contributed by atoms with E-state index in [0.29, 0.717) is 4.90 Å². The first-order valence-electron chi connectivity index (χ1n) is 5.64. The summed E-state index contributed by atoms with van der Waals surface area (Å²) in [5.74, 6) is 0. The van der Waals surface area contributed by atoms with Gasteiger partial charge < -0.3 is 0 Å². The van der Waals surface area contributed by atoms with E-state index in [2.05, 4.69) is 20.8 Å². The molecule has 0 aromatic heterocycles. The minimum Gasteiger partial charge on any atom is -0.227 e. The molecule has 1 aromatic carbocycles. The molecular weight excluding hydrogens is 220 g/mol. The van der Waals surface area contributed by atoms with E-state index in [1.807, 2.05) is 19.1 Å². The summed E-state index contributed by atoms with van der Waals surface area (Å²) in [6, 6.07) is 5.39. The minimum absolute atomic E-state index is 0.0419. The number of hydrogen-bond donors (Lipinski definition) is 1. The lowest BCUT2D eigenvalue weighted by Gasteiger charge is -2.26. The summed E-state index contributed by atoms with van der Waals surface area (Å²) in [5, 5.41) is 0. The molecule has 0 N–H and O–H groups in total. The van der Waals surface area contributed by atoms with Crippen LogP contribution in [0.15, 0.2) is 23.1 Å². The highest BCUT2D eigenvalue weighted by Gasteiger charge is 2.21. The van der Waals surface area contributed by atoms with Crippen LogP contribution in [-0.4, -0.2) is 8.42 Å². The molecule has 3 heteroatoms. The second-order valence-electron chi connectivity index (χ2n) is 4.89. The predicted molar refractivity (Wildman–Crippen MR) is 67.7 cm³/mol. The first kappa shape index (κ1) is 13.2. The van der Waals surface area contributed by atoms with Crippen molar-refractivity contribution in [3.63, 3.8) is 0 Å².